The first-order chi connectivity index (χ1) is 14.5. The molecule has 3 heterocycles. The van der Waals surface area contributed by atoms with Crippen LogP contribution in [0, 0.1) is 6.92 Å². The summed E-state index contributed by atoms with van der Waals surface area (Å²) in [5.74, 6) is 0.837. The van der Waals surface area contributed by atoms with Gasteiger partial charge in [-0.15, -0.1) is 0 Å². The second-order valence-electron chi connectivity index (χ2n) is 7.16. The van der Waals surface area contributed by atoms with Crippen molar-refractivity contribution in [1.29, 1.82) is 0 Å². The molecule has 3 aromatic rings. The van der Waals surface area contributed by atoms with Crippen molar-refractivity contribution in [2.75, 3.05) is 38.6 Å². The number of nitrogens with two attached hydrogens (primary N) is 1. The van der Waals surface area contributed by atoms with Crippen LogP contribution in [-0.4, -0.2) is 58.6 Å². The van der Waals surface area contributed by atoms with Crippen molar-refractivity contribution in [3.63, 3.8) is 0 Å². The molecule has 0 saturated carbocycles. The van der Waals surface area contributed by atoms with E-state index in [0.29, 0.717) is 52.9 Å². The Morgan fingerprint density at radius 3 is 2.70 bits per heavy atom. The number of hydrogen-bond donors (Lipinski definition) is 2. The minimum atomic E-state index is -0.261. The van der Waals surface area contributed by atoms with E-state index in [0.717, 1.165) is 18.7 Å². The van der Waals surface area contributed by atoms with Crippen LogP contribution in [-0.2, 0) is 4.74 Å². The van der Waals surface area contributed by atoms with E-state index in [1.807, 2.05) is 19.3 Å². The van der Waals surface area contributed by atoms with E-state index < -0.39 is 0 Å². The Morgan fingerprint density at radius 2 is 1.97 bits per heavy atom. The van der Waals surface area contributed by atoms with Crippen molar-refractivity contribution in [3.05, 3.63) is 58.6 Å². The zero-order valence-electron chi connectivity index (χ0n) is 16.6. The fourth-order valence-corrected chi connectivity index (χ4v) is 3.87. The Morgan fingerprint density at radius 1 is 1.23 bits per heavy atom. The molecule has 2 aromatic heterocycles. The molecule has 0 radical (unpaired) electrons. The van der Waals surface area contributed by atoms with Crippen LogP contribution in [0.25, 0.3) is 10.9 Å². The number of ether oxygens (including phenoxy) is 1. The average molecular weight is 427 g/mol. The van der Waals surface area contributed by atoms with Gasteiger partial charge in [-0.1, -0.05) is 11.6 Å². The second kappa shape index (κ2) is 8.91. The maximum atomic E-state index is 13.1. The number of aromatic nitrogens is 3. The smallest absolute Gasteiger partial charge is 0.253 e. The number of benzene rings is 1. The van der Waals surface area contributed by atoms with Gasteiger partial charge in [0.2, 0.25) is 0 Å². The van der Waals surface area contributed by atoms with E-state index in [1.165, 1.54) is 0 Å². The van der Waals surface area contributed by atoms with Crippen molar-refractivity contribution < 1.29 is 9.53 Å². The molecule has 1 amide bonds. The van der Waals surface area contributed by atoms with Crippen LogP contribution < -0.4 is 11.1 Å². The Hall–Kier alpha value is -2.81. The molecule has 156 valence electrons. The molecule has 1 aliphatic rings. The summed E-state index contributed by atoms with van der Waals surface area (Å²) in [6, 6.07) is 6.78. The molecule has 30 heavy (non-hydrogen) atoms. The van der Waals surface area contributed by atoms with E-state index in [4.69, 9.17) is 22.1 Å². The summed E-state index contributed by atoms with van der Waals surface area (Å²) in [6.45, 7) is 5.08. The second-order valence-corrected chi connectivity index (χ2v) is 7.57. The Kier molecular flexibility index (Phi) is 6.08. The summed E-state index contributed by atoms with van der Waals surface area (Å²) in [5, 5.41) is 4.07. The maximum absolute atomic E-state index is 13.1. The molecule has 8 nitrogen and oxygen atoms in total. The molecule has 1 saturated heterocycles. The quantitative estimate of drug-likeness (QED) is 0.645. The van der Waals surface area contributed by atoms with Gasteiger partial charge < -0.3 is 15.8 Å². The lowest BCUT2D eigenvalue weighted by molar-refractivity contribution is 0.0161. The number of nitrogens with one attached hydrogen (secondary N) is 1. The lowest BCUT2D eigenvalue weighted by Crippen LogP contribution is -2.44. The molecule has 1 fully saturated rings. The van der Waals surface area contributed by atoms with Crippen molar-refractivity contribution >= 4 is 34.2 Å². The molecule has 4 rings (SSSR count). The molecular weight excluding hydrogens is 404 g/mol. The number of nitrogen functional groups attached to an aromatic ring is 1. The normalized spacial score (nSPS) is 15.8. The third-order valence-electron chi connectivity index (χ3n) is 5.20. The predicted octanol–water partition coefficient (Wildman–Crippen LogP) is 2.37. The SMILES string of the molecule is Cc1ncc(C(CNC(=O)c2c(Cl)ccc3nc(N)ccc23)N2CCOCC2)cn1. The first kappa shape index (κ1) is 20.5. The highest BCUT2D eigenvalue weighted by Crippen LogP contribution is 2.26. The van der Waals surface area contributed by atoms with E-state index in [-0.39, 0.29) is 11.9 Å². The zero-order chi connectivity index (χ0) is 21.1. The third-order valence-corrected chi connectivity index (χ3v) is 5.51. The number of rotatable bonds is 5. The molecule has 9 heteroatoms. The minimum absolute atomic E-state index is 0.0685. The van der Waals surface area contributed by atoms with Gasteiger partial charge in [0.05, 0.1) is 35.4 Å². The Labute approximate surface area is 179 Å². The van der Waals surface area contributed by atoms with Crippen molar-refractivity contribution in [2.24, 2.45) is 0 Å². The number of fused-ring (bicyclic) bond motifs is 1. The molecule has 1 aliphatic heterocycles. The lowest BCUT2D eigenvalue weighted by atomic mass is 10.1. The summed E-state index contributed by atoms with van der Waals surface area (Å²) in [4.78, 5) is 28.3. The summed E-state index contributed by atoms with van der Waals surface area (Å²) in [5.41, 5.74) is 7.73. The van der Waals surface area contributed by atoms with E-state index in [1.54, 1.807) is 24.3 Å². The van der Waals surface area contributed by atoms with Gasteiger partial charge in [-0.25, -0.2) is 15.0 Å². The number of pyridine rings is 1. The largest absolute Gasteiger partial charge is 0.384 e. The van der Waals surface area contributed by atoms with Crippen LogP contribution in [0.3, 0.4) is 0 Å². The van der Waals surface area contributed by atoms with Gasteiger partial charge in [0.1, 0.15) is 11.6 Å². The molecule has 0 spiro atoms. The third kappa shape index (κ3) is 4.35. The van der Waals surface area contributed by atoms with Crippen LogP contribution in [0.4, 0.5) is 5.82 Å². The highest BCUT2D eigenvalue weighted by atomic mass is 35.5. The highest BCUT2D eigenvalue weighted by molar-refractivity contribution is 6.35. The number of amides is 1. The van der Waals surface area contributed by atoms with Crippen LogP contribution in [0.1, 0.15) is 27.8 Å². The first-order valence-electron chi connectivity index (χ1n) is 9.76. The first-order valence-corrected chi connectivity index (χ1v) is 10.1. The molecule has 1 aromatic carbocycles. The van der Waals surface area contributed by atoms with E-state index in [2.05, 4.69) is 25.2 Å². The number of hydrogen-bond acceptors (Lipinski definition) is 7. The van der Waals surface area contributed by atoms with Crippen LogP contribution in [0.2, 0.25) is 5.02 Å². The van der Waals surface area contributed by atoms with Crippen LogP contribution >= 0.6 is 11.6 Å². The Bertz CT molecular complexity index is 1050. The fourth-order valence-electron chi connectivity index (χ4n) is 3.62. The molecule has 1 atom stereocenters. The zero-order valence-corrected chi connectivity index (χ0v) is 17.4. The number of anilines is 1. The Balaban J connectivity index is 1.59. The summed E-state index contributed by atoms with van der Waals surface area (Å²) < 4.78 is 5.48. The monoisotopic (exact) mass is 426 g/mol. The summed E-state index contributed by atoms with van der Waals surface area (Å²) in [7, 11) is 0. The number of morpholine rings is 1. The van der Waals surface area contributed by atoms with Crippen molar-refractivity contribution in [1.82, 2.24) is 25.2 Å². The van der Waals surface area contributed by atoms with Gasteiger partial charge in [0, 0.05) is 43.0 Å². The molecule has 3 N–H and O–H groups in total. The maximum Gasteiger partial charge on any atom is 0.253 e. The highest BCUT2D eigenvalue weighted by Gasteiger charge is 2.25. The summed E-state index contributed by atoms with van der Waals surface area (Å²) in [6.07, 6.45) is 3.62. The van der Waals surface area contributed by atoms with E-state index in [9.17, 15) is 4.79 Å². The number of aryl methyl sites for hydroxylation is 1. The van der Waals surface area contributed by atoms with E-state index >= 15 is 0 Å². The van der Waals surface area contributed by atoms with Gasteiger partial charge in [-0.05, 0) is 31.2 Å². The number of carbonyl (C=O) groups excluding carboxylic acids is 1. The van der Waals surface area contributed by atoms with Gasteiger partial charge in [-0.3, -0.25) is 9.69 Å². The van der Waals surface area contributed by atoms with Gasteiger partial charge >= 0.3 is 0 Å². The summed E-state index contributed by atoms with van der Waals surface area (Å²) >= 11 is 6.37. The standard InChI is InChI=1S/C21H23ClN6O2/c1-13-24-10-14(11-25-13)18(28-6-8-30-9-7-28)12-26-21(29)20-15-2-5-19(23)27-17(15)4-3-16(20)22/h2-5,10-11,18H,6-9,12H2,1H3,(H2,23,27)(H,26,29). The molecule has 0 bridgehead atoms. The molecule has 1 unspecified atom stereocenters. The van der Waals surface area contributed by atoms with Crippen LogP contribution in [0.15, 0.2) is 36.7 Å². The topological polar surface area (TPSA) is 106 Å². The predicted molar refractivity (Wildman–Crippen MR) is 115 cm³/mol. The molecule has 0 aliphatic carbocycles. The number of nitrogens with zero attached hydrogens (tertiary/aromatic N) is 4. The average Bonchev–Trinajstić information content (AvgIpc) is 2.76. The van der Waals surface area contributed by atoms with Gasteiger partial charge in [0.25, 0.3) is 5.91 Å². The molecular formula is C21H23ClN6O2. The number of halogens is 1. The number of carbonyl (C=O) groups is 1. The minimum Gasteiger partial charge on any atom is -0.384 e. The van der Waals surface area contributed by atoms with Gasteiger partial charge in [0.15, 0.2) is 0 Å². The van der Waals surface area contributed by atoms with Crippen LogP contribution in [0.5, 0.6) is 0 Å². The van der Waals surface area contributed by atoms with Gasteiger partial charge in [-0.2, -0.15) is 0 Å². The fraction of sp³-hybridized carbons (Fsp3) is 0.333. The van der Waals surface area contributed by atoms with Crippen molar-refractivity contribution in [2.45, 2.75) is 13.0 Å². The lowest BCUT2D eigenvalue weighted by Gasteiger charge is -2.34. The van der Waals surface area contributed by atoms with Crippen molar-refractivity contribution in [3.8, 4) is 0 Å².